The van der Waals surface area contributed by atoms with E-state index < -0.39 is 14.6 Å². The van der Waals surface area contributed by atoms with E-state index in [9.17, 15) is 18.0 Å². The third kappa shape index (κ3) is 4.74. The highest BCUT2D eigenvalue weighted by molar-refractivity contribution is 7.93. The number of rotatable bonds is 10. The first-order valence-electron chi connectivity index (χ1n) is 8.03. The van der Waals surface area contributed by atoms with Crippen molar-refractivity contribution >= 4 is 21.9 Å². The highest BCUT2D eigenvalue weighted by atomic mass is 32.2. The molecule has 128 valence electrons. The van der Waals surface area contributed by atoms with Crippen LogP contribution in [0.2, 0.25) is 0 Å². The first-order chi connectivity index (χ1) is 10.8. The molecule has 0 aromatic heterocycles. The molecule has 0 bridgehead atoms. The molecule has 5 heteroatoms. The Morgan fingerprint density at radius 3 is 2.26 bits per heavy atom. The van der Waals surface area contributed by atoms with Crippen molar-refractivity contribution in [2.24, 2.45) is 0 Å². The molecular formula is C18H26O4S. The fourth-order valence-corrected chi connectivity index (χ4v) is 4.96. The zero-order valence-electron chi connectivity index (χ0n) is 14.2. The Morgan fingerprint density at radius 2 is 1.78 bits per heavy atom. The second-order valence-corrected chi connectivity index (χ2v) is 8.55. The van der Waals surface area contributed by atoms with Crippen LogP contribution in [0.3, 0.4) is 0 Å². The molecule has 1 aromatic rings. The lowest BCUT2D eigenvalue weighted by Gasteiger charge is -2.31. The summed E-state index contributed by atoms with van der Waals surface area (Å²) >= 11 is 0. The Hall–Kier alpha value is -1.49. The second kappa shape index (κ2) is 8.39. The minimum atomic E-state index is -3.77. The maximum atomic E-state index is 13.2. The number of ketones is 1. The third-order valence-electron chi connectivity index (χ3n) is 4.16. The van der Waals surface area contributed by atoms with Gasteiger partial charge in [0, 0.05) is 12.8 Å². The lowest BCUT2D eigenvalue weighted by molar-refractivity contribution is -0.117. The van der Waals surface area contributed by atoms with Gasteiger partial charge in [-0.05, 0) is 32.4 Å². The Bertz CT molecular complexity index is 631. The summed E-state index contributed by atoms with van der Waals surface area (Å²) in [4.78, 5) is 23.1. The van der Waals surface area contributed by atoms with Crippen LogP contribution < -0.4 is 0 Å². The van der Waals surface area contributed by atoms with Crippen molar-refractivity contribution in [1.29, 1.82) is 0 Å². The van der Waals surface area contributed by atoms with Gasteiger partial charge in [0.15, 0.2) is 9.84 Å². The zero-order chi connectivity index (χ0) is 17.5. The molecule has 0 fully saturated rings. The van der Waals surface area contributed by atoms with E-state index in [2.05, 4.69) is 0 Å². The van der Waals surface area contributed by atoms with Gasteiger partial charge < -0.3 is 4.79 Å². The summed E-state index contributed by atoms with van der Waals surface area (Å²) in [5.41, 5.74) is 0.961. The molecule has 0 saturated carbocycles. The molecule has 0 N–H and O–H groups in total. The van der Waals surface area contributed by atoms with Crippen molar-refractivity contribution in [3.05, 3.63) is 29.8 Å². The van der Waals surface area contributed by atoms with Crippen molar-refractivity contribution < 1.29 is 18.0 Å². The third-order valence-corrected chi connectivity index (χ3v) is 6.71. The number of benzene rings is 1. The number of hydrogen-bond donors (Lipinski definition) is 0. The average molecular weight is 338 g/mol. The summed E-state index contributed by atoms with van der Waals surface area (Å²) in [6.07, 6.45) is 3.20. The van der Waals surface area contributed by atoms with E-state index >= 15 is 0 Å². The molecule has 1 atom stereocenters. The zero-order valence-corrected chi connectivity index (χ0v) is 15.0. The van der Waals surface area contributed by atoms with Gasteiger partial charge in [-0.2, -0.15) is 0 Å². The molecule has 0 aliphatic rings. The smallest absolute Gasteiger partial charge is 0.184 e. The topological polar surface area (TPSA) is 68.3 Å². The monoisotopic (exact) mass is 338 g/mol. The van der Waals surface area contributed by atoms with E-state index in [4.69, 9.17) is 0 Å². The van der Waals surface area contributed by atoms with E-state index in [1.54, 1.807) is 24.3 Å². The summed E-state index contributed by atoms with van der Waals surface area (Å²) in [7, 11) is -3.77. The number of hydrogen-bond acceptors (Lipinski definition) is 4. The molecule has 0 saturated heterocycles. The molecule has 0 amide bonds. The van der Waals surface area contributed by atoms with Gasteiger partial charge in [-0.1, -0.05) is 43.9 Å². The average Bonchev–Trinajstić information content (AvgIpc) is 2.47. The number of sulfone groups is 1. The largest absolute Gasteiger partial charge is 0.303 e. The molecule has 0 spiro atoms. The molecule has 4 nitrogen and oxygen atoms in total. The van der Waals surface area contributed by atoms with E-state index in [0.717, 1.165) is 18.4 Å². The van der Waals surface area contributed by atoms with Crippen molar-refractivity contribution in [2.45, 2.75) is 68.9 Å². The van der Waals surface area contributed by atoms with Crippen LogP contribution in [-0.2, 0) is 19.4 Å². The first kappa shape index (κ1) is 19.6. The van der Waals surface area contributed by atoms with E-state index in [1.165, 1.54) is 6.92 Å². The standard InChI is InChI=1S/C18H26O4S/c1-4-5-6-11-18(12-13-19,14-16(3)20)23(21,22)17-9-7-15(2)8-10-17/h7-10,13H,4-6,11-12,14H2,1-3H3. The Labute approximate surface area is 139 Å². The van der Waals surface area contributed by atoms with Crippen molar-refractivity contribution in [3.63, 3.8) is 0 Å². The lowest BCUT2D eigenvalue weighted by atomic mass is 9.92. The number of aryl methyl sites for hydroxylation is 1. The van der Waals surface area contributed by atoms with E-state index in [0.29, 0.717) is 19.1 Å². The maximum absolute atomic E-state index is 13.2. The highest BCUT2D eigenvalue weighted by Crippen LogP contribution is 2.37. The number of aldehydes is 1. The van der Waals surface area contributed by atoms with E-state index in [-0.39, 0.29) is 23.5 Å². The fraction of sp³-hybridized carbons (Fsp3) is 0.556. The fourth-order valence-electron chi connectivity index (χ4n) is 2.87. The first-order valence-corrected chi connectivity index (χ1v) is 9.52. The summed E-state index contributed by atoms with van der Waals surface area (Å²) < 4.78 is 25.0. The summed E-state index contributed by atoms with van der Waals surface area (Å²) in [5.74, 6) is -0.209. The van der Waals surface area contributed by atoms with Crippen LogP contribution in [-0.4, -0.2) is 25.2 Å². The Kier molecular flexibility index (Phi) is 7.13. The molecule has 0 radical (unpaired) electrons. The highest BCUT2D eigenvalue weighted by Gasteiger charge is 2.44. The van der Waals surface area contributed by atoms with Crippen molar-refractivity contribution in [2.75, 3.05) is 0 Å². The molecule has 1 rings (SSSR count). The molecular weight excluding hydrogens is 312 g/mol. The van der Waals surface area contributed by atoms with Gasteiger partial charge in [-0.25, -0.2) is 8.42 Å². The summed E-state index contributed by atoms with van der Waals surface area (Å²) in [5, 5.41) is 0. The van der Waals surface area contributed by atoms with Gasteiger partial charge in [0.2, 0.25) is 0 Å². The van der Waals surface area contributed by atoms with Crippen LogP contribution in [0.25, 0.3) is 0 Å². The van der Waals surface area contributed by atoms with E-state index in [1.807, 2.05) is 13.8 Å². The van der Waals surface area contributed by atoms with Crippen LogP contribution in [0.5, 0.6) is 0 Å². The second-order valence-electron chi connectivity index (χ2n) is 6.21. The predicted molar refractivity (Wildman–Crippen MR) is 91.2 cm³/mol. The van der Waals surface area contributed by atoms with Gasteiger partial charge >= 0.3 is 0 Å². The van der Waals surface area contributed by atoms with Crippen molar-refractivity contribution in [3.8, 4) is 0 Å². The lowest BCUT2D eigenvalue weighted by Crippen LogP contribution is -2.41. The minimum Gasteiger partial charge on any atom is -0.303 e. The Balaban J connectivity index is 3.35. The van der Waals surface area contributed by atoms with Gasteiger partial charge in [0.1, 0.15) is 12.1 Å². The molecule has 1 aromatic carbocycles. The van der Waals surface area contributed by atoms with Gasteiger partial charge in [0.25, 0.3) is 0 Å². The van der Waals surface area contributed by atoms with Gasteiger partial charge in [-0.15, -0.1) is 0 Å². The number of carbonyl (C=O) groups is 2. The molecule has 23 heavy (non-hydrogen) atoms. The molecule has 0 aliphatic heterocycles. The molecule has 1 unspecified atom stereocenters. The number of carbonyl (C=O) groups excluding carboxylic acids is 2. The number of unbranched alkanes of at least 4 members (excludes halogenated alkanes) is 2. The Morgan fingerprint density at radius 1 is 1.17 bits per heavy atom. The van der Waals surface area contributed by atoms with Crippen LogP contribution in [0.15, 0.2) is 29.2 Å². The van der Waals surface area contributed by atoms with Crippen LogP contribution >= 0.6 is 0 Å². The van der Waals surface area contributed by atoms with Crippen molar-refractivity contribution in [1.82, 2.24) is 0 Å². The van der Waals surface area contributed by atoms with Crippen LogP contribution in [0.4, 0.5) is 0 Å². The minimum absolute atomic E-state index is 0.119. The number of Topliss-reactive ketones (excluding diaryl/α,β-unsaturated/α-hetero) is 1. The van der Waals surface area contributed by atoms with Crippen LogP contribution in [0.1, 0.15) is 57.9 Å². The molecule has 0 heterocycles. The van der Waals surface area contributed by atoms with Crippen LogP contribution in [0, 0.1) is 6.92 Å². The predicted octanol–water partition coefficient (Wildman–Crippen LogP) is 3.66. The normalized spacial score (nSPS) is 14.2. The maximum Gasteiger partial charge on any atom is 0.184 e. The van der Waals surface area contributed by atoms with Gasteiger partial charge in [0.05, 0.1) is 9.64 Å². The SMILES string of the molecule is CCCCCC(CC=O)(CC(C)=O)S(=O)(=O)c1ccc(C)cc1. The van der Waals surface area contributed by atoms with Gasteiger partial charge in [-0.3, -0.25) is 4.79 Å². The summed E-state index contributed by atoms with van der Waals surface area (Å²) in [6.45, 7) is 5.29. The molecule has 0 aliphatic carbocycles. The summed E-state index contributed by atoms with van der Waals surface area (Å²) in [6, 6.07) is 6.59. The quantitative estimate of drug-likeness (QED) is 0.482.